The monoisotopic (exact) mass is 419 g/mol. The molecule has 146 valence electrons. The van der Waals surface area contributed by atoms with Crippen LogP contribution in [0.2, 0.25) is 5.02 Å². The number of halogens is 1. The van der Waals surface area contributed by atoms with E-state index in [1.165, 1.54) is 19.2 Å². The SMILES string of the molecule is COc1ccc(Cl)cc1S(=O)(=O)Nc1ccc(Oc2nc(C)cc(C)n2)cc1. The first-order valence-corrected chi connectivity index (χ1v) is 10.1. The van der Waals surface area contributed by atoms with Crippen molar-refractivity contribution in [2.75, 3.05) is 11.8 Å². The molecule has 0 saturated heterocycles. The first-order chi connectivity index (χ1) is 13.3. The van der Waals surface area contributed by atoms with Crippen LogP contribution >= 0.6 is 11.6 Å². The van der Waals surface area contributed by atoms with Crippen molar-refractivity contribution in [3.05, 3.63) is 64.9 Å². The Bertz CT molecular complexity index is 1080. The molecule has 0 amide bonds. The maximum absolute atomic E-state index is 12.7. The van der Waals surface area contributed by atoms with E-state index >= 15 is 0 Å². The molecular weight excluding hydrogens is 402 g/mol. The lowest BCUT2D eigenvalue weighted by atomic mass is 10.3. The van der Waals surface area contributed by atoms with Crippen molar-refractivity contribution in [3.8, 4) is 17.5 Å². The zero-order valence-corrected chi connectivity index (χ0v) is 17.0. The minimum absolute atomic E-state index is 0.0496. The summed E-state index contributed by atoms with van der Waals surface area (Å²) in [5.74, 6) is 0.678. The first-order valence-electron chi connectivity index (χ1n) is 8.23. The van der Waals surface area contributed by atoms with E-state index in [0.29, 0.717) is 16.5 Å². The Morgan fingerprint density at radius 2 is 1.61 bits per heavy atom. The summed E-state index contributed by atoms with van der Waals surface area (Å²) >= 11 is 5.93. The summed E-state index contributed by atoms with van der Waals surface area (Å²) in [4.78, 5) is 8.36. The molecule has 0 atom stereocenters. The predicted molar refractivity (Wildman–Crippen MR) is 107 cm³/mol. The molecule has 28 heavy (non-hydrogen) atoms. The molecule has 0 spiro atoms. The van der Waals surface area contributed by atoms with Gasteiger partial charge in [0.25, 0.3) is 10.0 Å². The molecule has 3 rings (SSSR count). The summed E-state index contributed by atoms with van der Waals surface area (Å²) in [5, 5.41) is 0.290. The van der Waals surface area contributed by atoms with Gasteiger partial charge in [0.05, 0.1) is 7.11 Å². The molecule has 2 aromatic carbocycles. The van der Waals surface area contributed by atoms with Crippen molar-refractivity contribution in [2.45, 2.75) is 18.7 Å². The van der Waals surface area contributed by atoms with Crippen molar-refractivity contribution >= 4 is 27.3 Å². The number of aromatic nitrogens is 2. The smallest absolute Gasteiger partial charge is 0.322 e. The van der Waals surface area contributed by atoms with Gasteiger partial charge in [0.15, 0.2) is 0 Å². The Hall–Kier alpha value is -2.84. The molecule has 0 saturated carbocycles. The van der Waals surface area contributed by atoms with Gasteiger partial charge in [-0.1, -0.05) is 11.6 Å². The number of ether oxygens (including phenoxy) is 2. The van der Waals surface area contributed by atoms with E-state index in [9.17, 15) is 8.42 Å². The number of hydrogen-bond donors (Lipinski definition) is 1. The molecule has 0 unspecified atom stereocenters. The molecule has 9 heteroatoms. The molecule has 1 aromatic heterocycles. The highest BCUT2D eigenvalue weighted by Gasteiger charge is 2.20. The highest BCUT2D eigenvalue weighted by molar-refractivity contribution is 7.92. The van der Waals surface area contributed by atoms with Crippen molar-refractivity contribution in [2.24, 2.45) is 0 Å². The van der Waals surface area contributed by atoms with Gasteiger partial charge < -0.3 is 9.47 Å². The third-order valence-electron chi connectivity index (χ3n) is 3.69. The third kappa shape index (κ3) is 4.71. The number of nitrogens with one attached hydrogen (secondary N) is 1. The molecule has 0 aliphatic heterocycles. The van der Waals surface area contributed by atoms with Gasteiger partial charge in [-0.05, 0) is 62.4 Å². The normalized spacial score (nSPS) is 11.1. The molecule has 3 aromatic rings. The van der Waals surface area contributed by atoms with E-state index in [4.69, 9.17) is 21.1 Å². The number of hydrogen-bond acceptors (Lipinski definition) is 6. The summed E-state index contributed by atoms with van der Waals surface area (Å²) in [6, 6.07) is 12.8. The van der Waals surface area contributed by atoms with Gasteiger partial charge in [-0.25, -0.2) is 18.4 Å². The second kappa shape index (κ2) is 8.04. The minimum Gasteiger partial charge on any atom is -0.495 e. The molecule has 0 aliphatic rings. The lowest BCUT2D eigenvalue weighted by Crippen LogP contribution is -2.14. The zero-order valence-electron chi connectivity index (χ0n) is 15.4. The number of nitrogens with zero attached hydrogens (tertiary/aromatic N) is 2. The Morgan fingerprint density at radius 3 is 2.21 bits per heavy atom. The summed E-state index contributed by atoms with van der Waals surface area (Å²) in [6.45, 7) is 3.70. The Labute approximate surface area is 168 Å². The van der Waals surface area contributed by atoms with E-state index in [1.807, 2.05) is 19.9 Å². The number of anilines is 1. The second-order valence-electron chi connectivity index (χ2n) is 5.96. The standard InChI is InChI=1S/C19H18ClN3O4S/c1-12-10-13(2)22-19(21-12)27-16-7-5-15(6-8-16)23-28(24,25)18-11-14(20)4-9-17(18)26-3/h4-11,23H,1-3H3. The van der Waals surface area contributed by atoms with Crippen LogP contribution in [0.4, 0.5) is 5.69 Å². The fourth-order valence-corrected chi connectivity index (χ4v) is 4.00. The van der Waals surface area contributed by atoms with Crippen molar-refractivity contribution in [1.82, 2.24) is 9.97 Å². The van der Waals surface area contributed by atoms with E-state index in [1.54, 1.807) is 30.3 Å². The summed E-state index contributed by atoms with van der Waals surface area (Å²) in [5.41, 5.74) is 1.94. The van der Waals surface area contributed by atoms with Crippen LogP contribution < -0.4 is 14.2 Å². The third-order valence-corrected chi connectivity index (χ3v) is 5.33. The maximum atomic E-state index is 12.7. The van der Waals surface area contributed by atoms with Gasteiger partial charge >= 0.3 is 6.01 Å². The zero-order chi connectivity index (χ0) is 20.3. The van der Waals surface area contributed by atoms with Crippen LogP contribution in [-0.2, 0) is 10.0 Å². The van der Waals surface area contributed by atoms with Gasteiger partial charge in [0.1, 0.15) is 16.4 Å². The van der Waals surface area contributed by atoms with Crippen molar-refractivity contribution in [1.29, 1.82) is 0 Å². The maximum Gasteiger partial charge on any atom is 0.322 e. The highest BCUT2D eigenvalue weighted by atomic mass is 35.5. The van der Waals surface area contributed by atoms with E-state index in [2.05, 4.69) is 14.7 Å². The van der Waals surface area contributed by atoms with E-state index in [-0.39, 0.29) is 16.7 Å². The van der Waals surface area contributed by atoms with Crippen molar-refractivity contribution in [3.63, 3.8) is 0 Å². The highest BCUT2D eigenvalue weighted by Crippen LogP contribution is 2.29. The average molecular weight is 420 g/mol. The van der Waals surface area contributed by atoms with E-state index in [0.717, 1.165) is 11.4 Å². The number of benzene rings is 2. The molecule has 0 radical (unpaired) electrons. The van der Waals surface area contributed by atoms with Gasteiger partial charge in [0.2, 0.25) is 0 Å². The number of sulfonamides is 1. The Kier molecular flexibility index (Phi) is 5.71. The molecule has 1 N–H and O–H groups in total. The van der Waals surface area contributed by atoms with Crippen LogP contribution in [-0.4, -0.2) is 25.5 Å². The van der Waals surface area contributed by atoms with Crippen LogP contribution in [0.25, 0.3) is 0 Å². The fourth-order valence-electron chi connectivity index (χ4n) is 2.51. The first kappa shape index (κ1) is 19.9. The number of rotatable bonds is 6. The number of aryl methyl sites for hydroxylation is 2. The largest absolute Gasteiger partial charge is 0.495 e. The van der Waals surface area contributed by atoms with Gasteiger partial charge in [0, 0.05) is 22.1 Å². The van der Waals surface area contributed by atoms with E-state index < -0.39 is 10.0 Å². The predicted octanol–water partition coefficient (Wildman–Crippen LogP) is 4.35. The van der Waals surface area contributed by atoms with Crippen LogP contribution in [0, 0.1) is 13.8 Å². The summed E-state index contributed by atoms with van der Waals surface area (Å²) in [7, 11) is -2.49. The second-order valence-corrected chi connectivity index (χ2v) is 8.05. The number of methoxy groups -OCH3 is 1. The average Bonchev–Trinajstić information content (AvgIpc) is 2.62. The molecule has 7 nitrogen and oxygen atoms in total. The van der Waals surface area contributed by atoms with Crippen LogP contribution in [0.5, 0.6) is 17.5 Å². The van der Waals surface area contributed by atoms with Crippen LogP contribution in [0.1, 0.15) is 11.4 Å². The summed E-state index contributed by atoms with van der Waals surface area (Å²) < 4.78 is 38.6. The Balaban J connectivity index is 1.79. The van der Waals surface area contributed by atoms with Crippen LogP contribution in [0.3, 0.4) is 0 Å². The molecule has 0 aliphatic carbocycles. The lowest BCUT2D eigenvalue weighted by Gasteiger charge is -2.12. The van der Waals surface area contributed by atoms with Crippen molar-refractivity contribution < 1.29 is 17.9 Å². The topological polar surface area (TPSA) is 90.4 Å². The lowest BCUT2D eigenvalue weighted by molar-refractivity contribution is 0.403. The summed E-state index contributed by atoms with van der Waals surface area (Å²) in [6.07, 6.45) is 0. The molecule has 1 heterocycles. The molecular formula is C19H18ClN3O4S. The van der Waals surface area contributed by atoms with Gasteiger partial charge in [-0.3, -0.25) is 4.72 Å². The quantitative estimate of drug-likeness (QED) is 0.638. The Morgan fingerprint density at radius 1 is 0.964 bits per heavy atom. The molecule has 0 fully saturated rings. The minimum atomic E-state index is -3.89. The van der Waals surface area contributed by atoms with Gasteiger partial charge in [-0.15, -0.1) is 0 Å². The molecule has 0 bridgehead atoms. The van der Waals surface area contributed by atoms with Gasteiger partial charge in [-0.2, -0.15) is 0 Å². The fraction of sp³-hybridized carbons (Fsp3) is 0.158. The van der Waals surface area contributed by atoms with Crippen LogP contribution in [0.15, 0.2) is 53.4 Å².